The van der Waals surface area contributed by atoms with Crippen LogP contribution in [0.5, 0.6) is 0 Å². The molecule has 0 aliphatic carbocycles. The van der Waals surface area contributed by atoms with Crippen molar-refractivity contribution in [2.45, 2.75) is 34.1 Å². The van der Waals surface area contributed by atoms with Gasteiger partial charge in [0.25, 0.3) is 5.91 Å². The van der Waals surface area contributed by atoms with Gasteiger partial charge in [-0.2, -0.15) is 5.26 Å². The molecule has 2 aromatic heterocycles. The lowest BCUT2D eigenvalue weighted by Gasteiger charge is -2.03. The van der Waals surface area contributed by atoms with E-state index in [0.29, 0.717) is 34.0 Å². The van der Waals surface area contributed by atoms with Crippen LogP contribution < -0.4 is 5.32 Å². The summed E-state index contributed by atoms with van der Waals surface area (Å²) in [5.74, 6) is 0.209. The largest absolute Gasteiger partial charge is 0.361 e. The van der Waals surface area contributed by atoms with Gasteiger partial charge in [-0.25, -0.2) is 0 Å². The molecule has 0 saturated carbocycles. The van der Waals surface area contributed by atoms with Crippen LogP contribution in [0, 0.1) is 32.1 Å². The van der Waals surface area contributed by atoms with Gasteiger partial charge in [-0.05, 0) is 32.8 Å². The summed E-state index contributed by atoms with van der Waals surface area (Å²) in [7, 11) is 0. The van der Waals surface area contributed by atoms with E-state index in [1.807, 2.05) is 20.8 Å². The molecule has 5 nitrogen and oxygen atoms in total. The predicted molar refractivity (Wildman–Crippen MR) is 77.1 cm³/mol. The van der Waals surface area contributed by atoms with Crippen LogP contribution in [0.15, 0.2) is 4.52 Å². The van der Waals surface area contributed by atoms with Crippen LogP contribution in [0.4, 0.5) is 5.00 Å². The summed E-state index contributed by atoms with van der Waals surface area (Å²) in [6, 6.07) is 2.14. The maximum Gasteiger partial charge on any atom is 0.261 e. The average molecular weight is 289 g/mol. The van der Waals surface area contributed by atoms with Crippen molar-refractivity contribution in [2.24, 2.45) is 0 Å². The second kappa shape index (κ2) is 5.47. The Bertz CT molecular complexity index is 707. The van der Waals surface area contributed by atoms with Crippen molar-refractivity contribution < 1.29 is 9.32 Å². The number of carbonyl (C=O) groups excluding carboxylic acids is 1. The first kappa shape index (κ1) is 14.3. The van der Waals surface area contributed by atoms with Crippen molar-refractivity contribution >= 4 is 22.2 Å². The lowest BCUT2D eigenvalue weighted by Crippen LogP contribution is -2.14. The number of carbonyl (C=O) groups is 1. The van der Waals surface area contributed by atoms with E-state index in [4.69, 9.17) is 4.52 Å². The Kier molecular flexibility index (Phi) is 3.91. The van der Waals surface area contributed by atoms with Gasteiger partial charge < -0.3 is 9.84 Å². The van der Waals surface area contributed by atoms with Crippen LogP contribution >= 0.6 is 11.3 Å². The van der Waals surface area contributed by atoms with Crippen LogP contribution in [0.3, 0.4) is 0 Å². The normalized spacial score (nSPS) is 10.3. The molecule has 0 aliphatic rings. The van der Waals surface area contributed by atoms with Gasteiger partial charge in [-0.15, -0.1) is 11.3 Å². The molecule has 1 N–H and O–H groups in total. The highest BCUT2D eigenvalue weighted by molar-refractivity contribution is 7.16. The zero-order chi connectivity index (χ0) is 14.9. The van der Waals surface area contributed by atoms with E-state index in [0.717, 1.165) is 10.4 Å². The summed E-state index contributed by atoms with van der Waals surface area (Å²) in [6.07, 6.45) is 0.619. The minimum atomic E-state index is -0.279. The number of hydrogen-bond donors (Lipinski definition) is 1. The fraction of sp³-hybridized carbons (Fsp3) is 0.357. The van der Waals surface area contributed by atoms with E-state index in [1.165, 1.54) is 11.3 Å². The van der Waals surface area contributed by atoms with E-state index < -0.39 is 0 Å². The zero-order valence-corrected chi connectivity index (χ0v) is 12.6. The molecular weight excluding hydrogens is 274 g/mol. The predicted octanol–water partition coefficient (Wildman–Crippen LogP) is 3.35. The van der Waals surface area contributed by atoms with Gasteiger partial charge in [0.15, 0.2) is 0 Å². The molecule has 1 amide bonds. The minimum Gasteiger partial charge on any atom is -0.361 e. The summed E-state index contributed by atoms with van der Waals surface area (Å²) in [4.78, 5) is 13.4. The maximum atomic E-state index is 12.4. The van der Waals surface area contributed by atoms with Crippen molar-refractivity contribution in [3.05, 3.63) is 33.0 Å². The molecule has 2 heterocycles. The molecule has 104 valence electrons. The second-order valence-corrected chi connectivity index (χ2v) is 5.69. The Morgan fingerprint density at radius 3 is 2.75 bits per heavy atom. The Labute approximate surface area is 121 Å². The number of amides is 1. The third-order valence-corrected chi connectivity index (χ3v) is 4.34. The first-order valence-corrected chi connectivity index (χ1v) is 7.07. The Balaban J connectivity index is 2.36. The molecule has 20 heavy (non-hydrogen) atoms. The summed E-state index contributed by atoms with van der Waals surface area (Å²) in [5, 5.41) is 16.4. The van der Waals surface area contributed by atoms with Crippen LogP contribution in [-0.2, 0) is 6.42 Å². The zero-order valence-electron chi connectivity index (χ0n) is 11.8. The Morgan fingerprint density at radius 1 is 1.45 bits per heavy atom. The molecule has 0 aromatic carbocycles. The van der Waals surface area contributed by atoms with Crippen molar-refractivity contribution in [2.75, 3.05) is 5.32 Å². The minimum absolute atomic E-state index is 0.279. The molecule has 0 atom stereocenters. The van der Waals surface area contributed by atoms with Crippen molar-refractivity contribution in [1.82, 2.24) is 5.16 Å². The van der Waals surface area contributed by atoms with Crippen molar-refractivity contribution in [3.8, 4) is 6.07 Å². The molecular formula is C14H15N3O2S. The van der Waals surface area contributed by atoms with Gasteiger partial charge in [-0.3, -0.25) is 4.79 Å². The number of nitriles is 1. The molecule has 0 aliphatic heterocycles. The van der Waals surface area contributed by atoms with Gasteiger partial charge in [0.05, 0.1) is 11.3 Å². The first-order chi connectivity index (χ1) is 9.49. The van der Waals surface area contributed by atoms with Crippen LogP contribution in [0.25, 0.3) is 0 Å². The average Bonchev–Trinajstić information content (AvgIpc) is 2.91. The monoisotopic (exact) mass is 289 g/mol. The number of aromatic nitrogens is 1. The standard InChI is InChI=1S/C14H15N3O2S/c1-5-11-12(8(3)19-17-11)13(18)16-14-10(6-15)7(2)9(4)20-14/h5H2,1-4H3,(H,16,18). The first-order valence-electron chi connectivity index (χ1n) is 6.26. The molecule has 0 bridgehead atoms. The van der Waals surface area contributed by atoms with Gasteiger partial charge in [-0.1, -0.05) is 12.1 Å². The van der Waals surface area contributed by atoms with Crippen LogP contribution in [-0.4, -0.2) is 11.1 Å². The number of thiophene rings is 1. The molecule has 2 rings (SSSR count). The van der Waals surface area contributed by atoms with Gasteiger partial charge in [0.1, 0.15) is 22.4 Å². The number of nitrogens with one attached hydrogen (secondary N) is 1. The summed E-state index contributed by atoms with van der Waals surface area (Å²) in [6.45, 7) is 7.42. The fourth-order valence-electron chi connectivity index (χ4n) is 1.97. The Hall–Kier alpha value is -2.13. The highest BCUT2D eigenvalue weighted by Crippen LogP contribution is 2.32. The molecule has 0 saturated heterocycles. The van der Waals surface area contributed by atoms with Gasteiger partial charge >= 0.3 is 0 Å². The molecule has 0 fully saturated rings. The third kappa shape index (κ3) is 2.32. The van der Waals surface area contributed by atoms with Gasteiger partial charge in [0, 0.05) is 4.88 Å². The number of hydrogen-bond acceptors (Lipinski definition) is 5. The van der Waals surface area contributed by atoms with E-state index >= 15 is 0 Å². The van der Waals surface area contributed by atoms with E-state index in [1.54, 1.807) is 6.92 Å². The number of nitrogens with zero attached hydrogens (tertiary/aromatic N) is 2. The lowest BCUT2D eigenvalue weighted by atomic mass is 10.1. The lowest BCUT2D eigenvalue weighted by molar-refractivity contribution is 0.102. The van der Waals surface area contributed by atoms with Crippen LogP contribution in [0.1, 0.15) is 44.7 Å². The van der Waals surface area contributed by atoms with Crippen LogP contribution in [0.2, 0.25) is 0 Å². The molecule has 0 radical (unpaired) electrons. The van der Waals surface area contributed by atoms with E-state index in [2.05, 4.69) is 16.5 Å². The summed E-state index contributed by atoms with van der Waals surface area (Å²) < 4.78 is 5.06. The van der Waals surface area contributed by atoms with E-state index in [-0.39, 0.29) is 5.91 Å². The van der Waals surface area contributed by atoms with Gasteiger partial charge in [0.2, 0.25) is 0 Å². The third-order valence-electron chi connectivity index (χ3n) is 3.22. The molecule has 6 heteroatoms. The maximum absolute atomic E-state index is 12.4. The number of anilines is 1. The number of aryl methyl sites for hydroxylation is 3. The summed E-state index contributed by atoms with van der Waals surface area (Å²) in [5.41, 5.74) is 2.52. The number of rotatable bonds is 3. The second-order valence-electron chi connectivity index (χ2n) is 4.47. The van der Waals surface area contributed by atoms with E-state index in [9.17, 15) is 10.1 Å². The quantitative estimate of drug-likeness (QED) is 0.939. The topological polar surface area (TPSA) is 78.9 Å². The highest BCUT2D eigenvalue weighted by Gasteiger charge is 2.21. The van der Waals surface area contributed by atoms with Crippen molar-refractivity contribution in [3.63, 3.8) is 0 Å². The summed E-state index contributed by atoms with van der Waals surface area (Å²) >= 11 is 1.41. The Morgan fingerprint density at radius 2 is 2.15 bits per heavy atom. The highest BCUT2D eigenvalue weighted by atomic mass is 32.1. The fourth-order valence-corrected chi connectivity index (χ4v) is 2.97. The van der Waals surface area contributed by atoms with Crippen molar-refractivity contribution in [1.29, 1.82) is 5.26 Å². The smallest absolute Gasteiger partial charge is 0.261 e. The molecule has 0 unspecified atom stereocenters. The molecule has 2 aromatic rings. The molecule has 0 spiro atoms. The SMILES string of the molecule is CCc1noc(C)c1C(=O)Nc1sc(C)c(C)c1C#N.